The lowest BCUT2D eigenvalue weighted by molar-refractivity contribution is 0.597. The summed E-state index contributed by atoms with van der Waals surface area (Å²) in [5.41, 5.74) is 1.98. The lowest BCUT2D eigenvalue weighted by atomic mass is 10.1. The highest BCUT2D eigenvalue weighted by Crippen LogP contribution is 2.18. The Morgan fingerprint density at radius 1 is 1.56 bits per heavy atom. The van der Waals surface area contributed by atoms with E-state index in [0.29, 0.717) is 11.1 Å². The summed E-state index contributed by atoms with van der Waals surface area (Å²) >= 11 is 6.09. The normalized spacial score (nSPS) is 20.7. The first kappa shape index (κ1) is 10.1. The molecule has 4 heteroatoms. The number of nitrogens with zero attached hydrogens (tertiary/aromatic N) is 2. The molecule has 1 aliphatic rings. The van der Waals surface area contributed by atoms with Crippen LogP contribution >= 0.6 is 11.6 Å². The van der Waals surface area contributed by atoms with Gasteiger partial charge in [-0.2, -0.15) is 0 Å². The Balaban J connectivity index is 1.90. The van der Waals surface area contributed by atoms with Crippen LogP contribution in [0.3, 0.4) is 0 Å². The van der Waals surface area contributed by atoms with Crippen LogP contribution in [-0.4, -0.2) is 22.0 Å². The smallest absolute Gasteiger partial charge is 0.155 e. The Labute approximate surface area is 99.4 Å². The number of imidazole rings is 1. The fraction of sp³-hybridized carbons (Fsp3) is 0.417. The maximum Gasteiger partial charge on any atom is 0.155 e. The van der Waals surface area contributed by atoms with Crippen molar-refractivity contribution >= 4 is 17.2 Å². The van der Waals surface area contributed by atoms with Crippen LogP contribution in [0, 0.1) is 0 Å². The van der Waals surface area contributed by atoms with Crippen LogP contribution in [0.1, 0.15) is 18.5 Å². The van der Waals surface area contributed by atoms with Crippen molar-refractivity contribution in [2.75, 3.05) is 6.54 Å². The molecule has 0 aromatic carbocycles. The first-order valence-electron chi connectivity index (χ1n) is 5.68. The Morgan fingerprint density at radius 2 is 2.50 bits per heavy atom. The van der Waals surface area contributed by atoms with E-state index in [-0.39, 0.29) is 0 Å². The summed E-state index contributed by atoms with van der Waals surface area (Å²) in [5, 5.41) is 4.20. The van der Waals surface area contributed by atoms with Crippen molar-refractivity contribution in [2.45, 2.75) is 25.3 Å². The topological polar surface area (TPSA) is 29.3 Å². The van der Waals surface area contributed by atoms with Gasteiger partial charge in [0.05, 0.1) is 10.7 Å². The van der Waals surface area contributed by atoms with Gasteiger partial charge in [-0.15, -0.1) is 0 Å². The second kappa shape index (κ2) is 4.07. The molecule has 3 rings (SSSR count). The lowest BCUT2D eigenvalue weighted by Crippen LogP contribution is -2.23. The van der Waals surface area contributed by atoms with E-state index < -0.39 is 0 Å². The van der Waals surface area contributed by atoms with Gasteiger partial charge in [0.2, 0.25) is 0 Å². The molecule has 1 saturated heterocycles. The Morgan fingerprint density at radius 3 is 3.25 bits per heavy atom. The number of pyridine rings is 1. The van der Waals surface area contributed by atoms with Gasteiger partial charge in [-0.25, -0.2) is 4.98 Å². The minimum atomic E-state index is 0.587. The monoisotopic (exact) mass is 235 g/mol. The van der Waals surface area contributed by atoms with E-state index in [2.05, 4.69) is 16.5 Å². The van der Waals surface area contributed by atoms with Crippen molar-refractivity contribution in [1.82, 2.24) is 14.7 Å². The number of nitrogens with one attached hydrogen (secondary N) is 1. The minimum Gasteiger partial charge on any atom is -0.314 e. The second-order valence-corrected chi connectivity index (χ2v) is 4.72. The zero-order valence-electron chi connectivity index (χ0n) is 8.99. The van der Waals surface area contributed by atoms with E-state index in [4.69, 9.17) is 11.6 Å². The second-order valence-electron chi connectivity index (χ2n) is 4.32. The van der Waals surface area contributed by atoms with Gasteiger partial charge in [0.15, 0.2) is 5.65 Å². The molecule has 3 heterocycles. The maximum absolute atomic E-state index is 6.09. The highest BCUT2D eigenvalue weighted by molar-refractivity contribution is 6.33. The fourth-order valence-electron chi connectivity index (χ4n) is 2.31. The van der Waals surface area contributed by atoms with E-state index >= 15 is 0 Å². The first-order chi connectivity index (χ1) is 7.83. The summed E-state index contributed by atoms with van der Waals surface area (Å²) in [4.78, 5) is 4.57. The Bertz CT molecular complexity index is 500. The van der Waals surface area contributed by atoms with Crippen LogP contribution < -0.4 is 5.32 Å². The van der Waals surface area contributed by atoms with Crippen LogP contribution in [-0.2, 0) is 6.42 Å². The van der Waals surface area contributed by atoms with Crippen LogP contribution in [0.15, 0.2) is 24.5 Å². The van der Waals surface area contributed by atoms with Crippen molar-refractivity contribution in [1.29, 1.82) is 0 Å². The number of rotatable bonds is 2. The van der Waals surface area contributed by atoms with E-state index in [1.807, 2.05) is 22.7 Å². The van der Waals surface area contributed by atoms with Crippen molar-refractivity contribution in [3.63, 3.8) is 0 Å². The number of hydrogen-bond donors (Lipinski definition) is 1. The number of aromatic nitrogens is 2. The third-order valence-electron chi connectivity index (χ3n) is 3.10. The van der Waals surface area contributed by atoms with E-state index in [1.165, 1.54) is 12.8 Å². The van der Waals surface area contributed by atoms with Crippen molar-refractivity contribution in [3.05, 3.63) is 35.2 Å². The number of hydrogen-bond acceptors (Lipinski definition) is 2. The molecule has 0 bridgehead atoms. The Kier molecular flexibility index (Phi) is 2.58. The average Bonchev–Trinajstić information content (AvgIpc) is 2.88. The molecule has 0 amide bonds. The largest absolute Gasteiger partial charge is 0.314 e. The molecule has 0 aliphatic carbocycles. The number of halogens is 1. The quantitative estimate of drug-likeness (QED) is 0.866. The molecule has 16 heavy (non-hydrogen) atoms. The van der Waals surface area contributed by atoms with Crippen LogP contribution in [0.5, 0.6) is 0 Å². The van der Waals surface area contributed by atoms with E-state index in [9.17, 15) is 0 Å². The molecule has 1 N–H and O–H groups in total. The molecule has 2 aromatic heterocycles. The van der Waals surface area contributed by atoms with Gasteiger partial charge in [-0.1, -0.05) is 11.6 Å². The summed E-state index contributed by atoms with van der Waals surface area (Å²) < 4.78 is 1.99. The van der Waals surface area contributed by atoms with Gasteiger partial charge in [-0.05, 0) is 31.5 Å². The van der Waals surface area contributed by atoms with Crippen LogP contribution in [0.4, 0.5) is 0 Å². The van der Waals surface area contributed by atoms with Crippen LogP contribution in [0.2, 0.25) is 5.02 Å². The predicted molar refractivity (Wildman–Crippen MR) is 64.9 cm³/mol. The predicted octanol–water partition coefficient (Wildman–Crippen LogP) is 2.28. The van der Waals surface area contributed by atoms with Gasteiger partial charge >= 0.3 is 0 Å². The molecule has 1 aliphatic heterocycles. The molecule has 84 valence electrons. The fourth-order valence-corrected chi connectivity index (χ4v) is 2.52. The van der Waals surface area contributed by atoms with Gasteiger partial charge in [0.1, 0.15) is 0 Å². The molecule has 1 unspecified atom stereocenters. The van der Waals surface area contributed by atoms with Crippen molar-refractivity contribution in [3.8, 4) is 0 Å². The maximum atomic E-state index is 6.09. The van der Waals surface area contributed by atoms with E-state index in [0.717, 1.165) is 24.3 Å². The third-order valence-corrected chi connectivity index (χ3v) is 3.40. The summed E-state index contributed by atoms with van der Waals surface area (Å²) in [6.45, 7) is 1.14. The zero-order valence-corrected chi connectivity index (χ0v) is 9.74. The van der Waals surface area contributed by atoms with Gasteiger partial charge in [0.25, 0.3) is 0 Å². The third kappa shape index (κ3) is 1.81. The highest BCUT2D eigenvalue weighted by Gasteiger charge is 2.16. The van der Waals surface area contributed by atoms with Gasteiger partial charge < -0.3 is 9.72 Å². The van der Waals surface area contributed by atoms with Crippen molar-refractivity contribution < 1.29 is 0 Å². The molecule has 2 aromatic rings. The number of fused-ring (bicyclic) bond motifs is 1. The highest BCUT2D eigenvalue weighted by atomic mass is 35.5. The van der Waals surface area contributed by atoms with Gasteiger partial charge in [0, 0.05) is 24.9 Å². The Hall–Kier alpha value is -1.06. The molecular formula is C12H14ClN3. The van der Waals surface area contributed by atoms with Crippen LogP contribution in [0.25, 0.3) is 5.65 Å². The average molecular weight is 236 g/mol. The summed E-state index contributed by atoms with van der Waals surface area (Å²) in [7, 11) is 0. The molecule has 3 nitrogen and oxygen atoms in total. The zero-order chi connectivity index (χ0) is 11.0. The molecule has 0 radical (unpaired) electrons. The lowest BCUT2D eigenvalue weighted by Gasteiger charge is -2.06. The van der Waals surface area contributed by atoms with Crippen molar-refractivity contribution in [2.24, 2.45) is 0 Å². The standard InChI is InChI=1S/C12H14ClN3/c13-11-4-2-6-16-8-10(15-12(11)16)7-9-3-1-5-14-9/h2,4,6,8-9,14H,1,3,5,7H2. The molecule has 1 atom stereocenters. The SMILES string of the molecule is Clc1cccn2cc(CC3CCCN3)nc12. The first-order valence-corrected chi connectivity index (χ1v) is 6.06. The van der Waals surface area contributed by atoms with E-state index in [1.54, 1.807) is 0 Å². The molecular weight excluding hydrogens is 222 g/mol. The summed E-state index contributed by atoms with van der Waals surface area (Å²) in [6.07, 6.45) is 7.58. The molecule has 0 spiro atoms. The summed E-state index contributed by atoms with van der Waals surface area (Å²) in [5.74, 6) is 0. The van der Waals surface area contributed by atoms with Gasteiger partial charge in [-0.3, -0.25) is 0 Å². The molecule has 1 fully saturated rings. The minimum absolute atomic E-state index is 0.587. The molecule has 0 saturated carbocycles. The summed E-state index contributed by atoms with van der Waals surface area (Å²) in [6, 6.07) is 4.40.